The van der Waals surface area contributed by atoms with Crippen molar-refractivity contribution in [1.82, 2.24) is 4.98 Å². The van der Waals surface area contributed by atoms with Gasteiger partial charge in [-0.3, -0.25) is 0 Å². The highest BCUT2D eigenvalue weighted by Crippen LogP contribution is 2.31. The van der Waals surface area contributed by atoms with Crippen molar-refractivity contribution in [2.45, 2.75) is 0 Å². The lowest BCUT2D eigenvalue weighted by molar-refractivity contribution is 0.473. The van der Waals surface area contributed by atoms with E-state index in [1.807, 2.05) is 60.0 Å². The smallest absolute Gasteiger partial charge is 0.346 e. The Kier molecular flexibility index (Phi) is 4.53. The number of para-hydroxylation sites is 1. The van der Waals surface area contributed by atoms with Crippen molar-refractivity contribution in [3.8, 4) is 39.1 Å². The molecule has 0 atom stereocenters. The fourth-order valence-electron chi connectivity index (χ4n) is 3.10. The van der Waals surface area contributed by atoms with Crippen LogP contribution in [-0.4, -0.2) is 10.1 Å². The molecule has 0 fully saturated rings. The third-order valence-corrected chi connectivity index (χ3v) is 5.46. The van der Waals surface area contributed by atoms with Gasteiger partial charge in [0.25, 0.3) is 0 Å². The van der Waals surface area contributed by atoms with Crippen LogP contribution in [0.3, 0.4) is 0 Å². The standard InChI is InChI=1S/C24H15NO4S/c26-17-9-6-16-12-20(24(27)29-22(16)13-17)23-25-21(14-30-23)15-7-10-19(11-8-15)28-18-4-2-1-3-5-18/h1-14,26H. The number of phenols is 1. The van der Waals surface area contributed by atoms with E-state index in [1.165, 1.54) is 17.4 Å². The second kappa shape index (κ2) is 7.50. The summed E-state index contributed by atoms with van der Waals surface area (Å²) in [6.45, 7) is 0. The minimum absolute atomic E-state index is 0.0506. The average Bonchev–Trinajstić information content (AvgIpc) is 3.24. The molecule has 6 heteroatoms. The van der Waals surface area contributed by atoms with Crippen LogP contribution < -0.4 is 10.4 Å². The Morgan fingerprint density at radius 2 is 1.67 bits per heavy atom. The van der Waals surface area contributed by atoms with Gasteiger partial charge in [0.1, 0.15) is 27.8 Å². The number of fused-ring (bicyclic) bond motifs is 1. The van der Waals surface area contributed by atoms with Crippen molar-refractivity contribution in [2.24, 2.45) is 0 Å². The average molecular weight is 413 g/mol. The summed E-state index contributed by atoms with van der Waals surface area (Å²) in [5.74, 6) is 1.56. The molecule has 0 aliphatic rings. The summed E-state index contributed by atoms with van der Waals surface area (Å²) >= 11 is 1.38. The van der Waals surface area contributed by atoms with E-state index in [0.29, 0.717) is 16.2 Å². The van der Waals surface area contributed by atoms with Gasteiger partial charge in [0.2, 0.25) is 0 Å². The van der Waals surface area contributed by atoms with Crippen LogP contribution in [0.15, 0.2) is 93.5 Å². The van der Waals surface area contributed by atoms with Gasteiger partial charge < -0.3 is 14.3 Å². The molecule has 0 amide bonds. The Morgan fingerprint density at radius 3 is 2.47 bits per heavy atom. The van der Waals surface area contributed by atoms with Crippen LogP contribution in [0.4, 0.5) is 0 Å². The van der Waals surface area contributed by atoms with E-state index in [1.54, 1.807) is 18.2 Å². The van der Waals surface area contributed by atoms with Crippen molar-refractivity contribution >= 4 is 22.3 Å². The van der Waals surface area contributed by atoms with E-state index < -0.39 is 5.63 Å². The molecule has 0 radical (unpaired) electrons. The zero-order chi connectivity index (χ0) is 20.5. The van der Waals surface area contributed by atoms with Gasteiger partial charge in [-0.2, -0.15) is 0 Å². The lowest BCUT2D eigenvalue weighted by atomic mass is 10.1. The maximum atomic E-state index is 12.4. The number of ether oxygens (including phenoxy) is 1. The van der Waals surface area contributed by atoms with Gasteiger partial charge >= 0.3 is 5.63 Å². The Morgan fingerprint density at radius 1 is 0.900 bits per heavy atom. The number of thiazole rings is 1. The van der Waals surface area contributed by atoms with Gasteiger partial charge in [0.05, 0.1) is 11.3 Å². The fourth-order valence-corrected chi connectivity index (χ4v) is 3.93. The van der Waals surface area contributed by atoms with Crippen LogP contribution in [-0.2, 0) is 0 Å². The molecule has 2 heterocycles. The van der Waals surface area contributed by atoms with E-state index in [0.717, 1.165) is 28.1 Å². The predicted octanol–water partition coefficient (Wildman–Crippen LogP) is 6.08. The van der Waals surface area contributed by atoms with Crippen LogP contribution in [0.1, 0.15) is 0 Å². The Hall–Kier alpha value is -3.90. The first-order valence-electron chi connectivity index (χ1n) is 9.22. The van der Waals surface area contributed by atoms with Crippen LogP contribution in [0.25, 0.3) is 32.8 Å². The highest BCUT2D eigenvalue weighted by molar-refractivity contribution is 7.13. The predicted molar refractivity (Wildman–Crippen MR) is 117 cm³/mol. The zero-order valence-electron chi connectivity index (χ0n) is 15.6. The molecule has 0 bridgehead atoms. The second-order valence-corrected chi connectivity index (χ2v) is 7.51. The van der Waals surface area contributed by atoms with Gasteiger partial charge in [-0.05, 0) is 54.6 Å². The lowest BCUT2D eigenvalue weighted by Gasteiger charge is -2.05. The Labute approximate surface area is 175 Å². The maximum absolute atomic E-state index is 12.4. The highest BCUT2D eigenvalue weighted by Gasteiger charge is 2.13. The second-order valence-electron chi connectivity index (χ2n) is 6.65. The third kappa shape index (κ3) is 3.56. The van der Waals surface area contributed by atoms with Crippen LogP contribution in [0, 0.1) is 0 Å². The van der Waals surface area contributed by atoms with Gasteiger partial charge in [-0.1, -0.05) is 18.2 Å². The Balaban J connectivity index is 1.43. The third-order valence-electron chi connectivity index (χ3n) is 4.58. The zero-order valence-corrected chi connectivity index (χ0v) is 16.4. The number of hydrogen-bond donors (Lipinski definition) is 1. The fraction of sp³-hybridized carbons (Fsp3) is 0. The number of nitrogens with zero attached hydrogens (tertiary/aromatic N) is 1. The van der Waals surface area contributed by atoms with Crippen molar-refractivity contribution in [3.63, 3.8) is 0 Å². The van der Waals surface area contributed by atoms with Gasteiger partial charge in [-0.15, -0.1) is 11.3 Å². The molecule has 146 valence electrons. The summed E-state index contributed by atoms with van der Waals surface area (Å²) in [7, 11) is 0. The van der Waals surface area contributed by atoms with Crippen molar-refractivity contribution < 1.29 is 14.3 Å². The Bertz CT molecular complexity index is 1390. The number of rotatable bonds is 4. The van der Waals surface area contributed by atoms with Crippen molar-refractivity contribution in [2.75, 3.05) is 0 Å². The molecule has 5 aromatic rings. The molecule has 1 N–H and O–H groups in total. The monoisotopic (exact) mass is 413 g/mol. The molecule has 0 unspecified atom stereocenters. The summed E-state index contributed by atoms with van der Waals surface area (Å²) in [5, 5.41) is 12.8. The molecule has 0 saturated heterocycles. The number of benzene rings is 3. The van der Waals surface area contributed by atoms with Crippen molar-refractivity contribution in [3.05, 3.63) is 94.7 Å². The minimum Gasteiger partial charge on any atom is -0.508 e. The van der Waals surface area contributed by atoms with Crippen LogP contribution in [0.5, 0.6) is 17.2 Å². The number of aromatic hydroxyl groups is 1. The molecule has 2 aromatic heterocycles. The summed E-state index contributed by atoms with van der Waals surface area (Å²) in [4.78, 5) is 17.0. The summed E-state index contributed by atoms with van der Waals surface area (Å²) in [6, 6.07) is 23.6. The van der Waals surface area contributed by atoms with Crippen LogP contribution in [0.2, 0.25) is 0 Å². The molecule has 5 nitrogen and oxygen atoms in total. The maximum Gasteiger partial charge on any atom is 0.346 e. The molecule has 0 spiro atoms. The summed E-state index contributed by atoms with van der Waals surface area (Å²) in [5.41, 5.74) is 1.95. The lowest BCUT2D eigenvalue weighted by Crippen LogP contribution is -2.02. The molecule has 3 aromatic carbocycles. The normalized spacial score (nSPS) is 10.9. The van der Waals surface area contributed by atoms with Gasteiger partial charge in [0, 0.05) is 22.4 Å². The topological polar surface area (TPSA) is 72.6 Å². The molecular formula is C24H15NO4S. The van der Waals surface area contributed by atoms with Crippen LogP contribution >= 0.6 is 11.3 Å². The number of phenolic OH excluding ortho intramolecular Hbond substituents is 1. The molecule has 0 aliphatic heterocycles. The molecular weight excluding hydrogens is 398 g/mol. The molecule has 0 aliphatic carbocycles. The van der Waals surface area contributed by atoms with E-state index in [-0.39, 0.29) is 5.75 Å². The SMILES string of the molecule is O=c1oc2cc(O)ccc2cc1-c1nc(-c2ccc(Oc3ccccc3)cc2)cs1. The minimum atomic E-state index is -0.486. The first kappa shape index (κ1) is 18.1. The summed E-state index contributed by atoms with van der Waals surface area (Å²) < 4.78 is 11.2. The quantitative estimate of drug-likeness (QED) is 0.361. The molecule has 0 saturated carbocycles. The largest absolute Gasteiger partial charge is 0.508 e. The van der Waals surface area contributed by atoms with Gasteiger partial charge in [0.15, 0.2) is 0 Å². The van der Waals surface area contributed by atoms with E-state index in [2.05, 4.69) is 4.98 Å². The van der Waals surface area contributed by atoms with Gasteiger partial charge in [-0.25, -0.2) is 9.78 Å². The summed E-state index contributed by atoms with van der Waals surface area (Å²) in [6.07, 6.45) is 0. The first-order valence-corrected chi connectivity index (χ1v) is 10.1. The van der Waals surface area contributed by atoms with Crippen molar-refractivity contribution in [1.29, 1.82) is 0 Å². The molecule has 5 rings (SSSR count). The van der Waals surface area contributed by atoms with E-state index in [4.69, 9.17) is 9.15 Å². The first-order chi connectivity index (χ1) is 14.7. The van der Waals surface area contributed by atoms with E-state index >= 15 is 0 Å². The number of hydrogen-bond acceptors (Lipinski definition) is 6. The molecule has 30 heavy (non-hydrogen) atoms. The van der Waals surface area contributed by atoms with E-state index in [9.17, 15) is 9.90 Å². The highest BCUT2D eigenvalue weighted by atomic mass is 32.1. The number of aromatic nitrogens is 1.